The second kappa shape index (κ2) is 8.09. The Hall–Kier alpha value is -2.45. The lowest BCUT2D eigenvalue weighted by molar-refractivity contribution is -0.117. The van der Waals surface area contributed by atoms with Gasteiger partial charge in [-0.15, -0.1) is 0 Å². The predicted molar refractivity (Wildman–Crippen MR) is 92.4 cm³/mol. The Bertz CT molecular complexity index is 838. The van der Waals surface area contributed by atoms with E-state index in [0.717, 1.165) is 0 Å². The van der Waals surface area contributed by atoms with Crippen molar-refractivity contribution in [2.24, 2.45) is 0 Å². The summed E-state index contributed by atoms with van der Waals surface area (Å²) < 4.78 is 45.7. The Morgan fingerprint density at radius 1 is 1.16 bits per heavy atom. The Morgan fingerprint density at radius 3 is 2.40 bits per heavy atom. The van der Waals surface area contributed by atoms with Crippen LogP contribution in [0.5, 0.6) is 5.75 Å². The van der Waals surface area contributed by atoms with Gasteiger partial charge < -0.3 is 10.1 Å². The average molecular weight is 366 g/mol. The molecule has 6 nitrogen and oxygen atoms in total. The van der Waals surface area contributed by atoms with Crippen molar-refractivity contribution in [2.45, 2.75) is 24.8 Å². The average Bonchev–Trinajstić information content (AvgIpc) is 2.57. The van der Waals surface area contributed by atoms with Crippen molar-refractivity contribution in [1.29, 1.82) is 0 Å². The Balaban J connectivity index is 2.06. The Kier molecular flexibility index (Phi) is 6.11. The third-order valence-electron chi connectivity index (χ3n) is 3.30. The molecule has 2 N–H and O–H groups in total. The van der Waals surface area contributed by atoms with Crippen LogP contribution >= 0.6 is 0 Å². The SMILES string of the molecule is CCOc1ccc(S(=O)(=O)N[C@H](C)C(=O)Nc2ccccc2F)cc1. The maximum Gasteiger partial charge on any atom is 0.242 e. The molecule has 0 aromatic heterocycles. The van der Waals surface area contributed by atoms with Crippen LogP contribution in [0.3, 0.4) is 0 Å². The van der Waals surface area contributed by atoms with Gasteiger partial charge in [0.2, 0.25) is 15.9 Å². The standard InChI is InChI=1S/C17H19FN2O4S/c1-3-24-13-8-10-14(11-9-13)25(22,23)20-12(2)17(21)19-16-7-5-4-6-15(16)18/h4-12,20H,3H2,1-2H3,(H,19,21)/t12-/m1/s1. The van der Waals surface area contributed by atoms with Gasteiger partial charge in [-0.2, -0.15) is 4.72 Å². The van der Waals surface area contributed by atoms with Gasteiger partial charge in [-0.3, -0.25) is 4.79 Å². The number of nitrogens with one attached hydrogen (secondary N) is 2. The highest BCUT2D eigenvalue weighted by Crippen LogP contribution is 2.17. The fraction of sp³-hybridized carbons (Fsp3) is 0.235. The van der Waals surface area contributed by atoms with E-state index in [9.17, 15) is 17.6 Å². The molecule has 0 bridgehead atoms. The van der Waals surface area contributed by atoms with E-state index in [0.29, 0.717) is 12.4 Å². The molecule has 0 aliphatic rings. The van der Waals surface area contributed by atoms with E-state index in [1.165, 1.54) is 49.4 Å². The zero-order chi connectivity index (χ0) is 18.4. The van der Waals surface area contributed by atoms with Gasteiger partial charge >= 0.3 is 0 Å². The van der Waals surface area contributed by atoms with Crippen molar-refractivity contribution in [1.82, 2.24) is 4.72 Å². The number of hydrogen-bond acceptors (Lipinski definition) is 4. The molecule has 0 aliphatic carbocycles. The highest BCUT2D eigenvalue weighted by Gasteiger charge is 2.22. The van der Waals surface area contributed by atoms with Gasteiger partial charge in [0.1, 0.15) is 11.6 Å². The fourth-order valence-electron chi connectivity index (χ4n) is 2.04. The van der Waals surface area contributed by atoms with Crippen molar-refractivity contribution in [3.8, 4) is 5.75 Å². The topological polar surface area (TPSA) is 84.5 Å². The fourth-order valence-corrected chi connectivity index (χ4v) is 3.24. The molecule has 0 radical (unpaired) electrons. The molecule has 1 amide bonds. The summed E-state index contributed by atoms with van der Waals surface area (Å²) >= 11 is 0. The number of para-hydroxylation sites is 1. The molecule has 25 heavy (non-hydrogen) atoms. The van der Waals surface area contributed by atoms with Gasteiger partial charge in [0.05, 0.1) is 23.2 Å². The van der Waals surface area contributed by atoms with Gasteiger partial charge in [0.25, 0.3) is 0 Å². The first-order chi connectivity index (χ1) is 11.8. The number of halogens is 1. The molecule has 0 aliphatic heterocycles. The maximum atomic E-state index is 13.6. The minimum atomic E-state index is -3.90. The monoisotopic (exact) mass is 366 g/mol. The summed E-state index contributed by atoms with van der Waals surface area (Å²) in [7, 11) is -3.90. The van der Waals surface area contributed by atoms with Gasteiger partial charge in [0, 0.05) is 0 Å². The normalized spacial score (nSPS) is 12.4. The van der Waals surface area contributed by atoms with Crippen LogP contribution in [0.25, 0.3) is 0 Å². The van der Waals surface area contributed by atoms with E-state index in [4.69, 9.17) is 4.74 Å². The minimum Gasteiger partial charge on any atom is -0.494 e. The minimum absolute atomic E-state index is 0.00138. The number of amides is 1. The van der Waals surface area contributed by atoms with Crippen molar-refractivity contribution in [2.75, 3.05) is 11.9 Å². The van der Waals surface area contributed by atoms with Gasteiger partial charge in [-0.1, -0.05) is 12.1 Å². The molecule has 0 fully saturated rings. The highest BCUT2D eigenvalue weighted by molar-refractivity contribution is 7.89. The summed E-state index contributed by atoms with van der Waals surface area (Å²) in [6, 6.07) is 10.4. The molecular weight excluding hydrogens is 347 g/mol. The molecule has 0 spiro atoms. The van der Waals surface area contributed by atoms with Crippen LogP contribution in [0.15, 0.2) is 53.4 Å². The van der Waals surface area contributed by atoms with Crippen LogP contribution in [0, 0.1) is 5.82 Å². The number of carbonyl (C=O) groups excluding carboxylic acids is 1. The van der Waals surface area contributed by atoms with Crippen LogP contribution < -0.4 is 14.8 Å². The number of ether oxygens (including phenoxy) is 1. The third kappa shape index (κ3) is 5.01. The number of carbonyl (C=O) groups is 1. The summed E-state index contributed by atoms with van der Waals surface area (Å²) in [6.07, 6.45) is 0. The van der Waals surface area contributed by atoms with Crippen molar-refractivity contribution in [3.05, 3.63) is 54.3 Å². The van der Waals surface area contributed by atoms with Crippen LogP contribution in [-0.4, -0.2) is 27.0 Å². The molecule has 134 valence electrons. The van der Waals surface area contributed by atoms with Gasteiger partial charge in [-0.25, -0.2) is 12.8 Å². The quantitative estimate of drug-likeness (QED) is 0.789. The summed E-state index contributed by atoms with van der Waals surface area (Å²) in [6.45, 7) is 3.67. The van der Waals surface area contributed by atoms with E-state index >= 15 is 0 Å². The molecule has 2 aromatic carbocycles. The molecule has 0 unspecified atom stereocenters. The van der Waals surface area contributed by atoms with Crippen LogP contribution in [0.1, 0.15) is 13.8 Å². The Morgan fingerprint density at radius 2 is 1.80 bits per heavy atom. The number of sulfonamides is 1. The predicted octanol–water partition coefficient (Wildman–Crippen LogP) is 2.53. The largest absolute Gasteiger partial charge is 0.494 e. The lowest BCUT2D eigenvalue weighted by Gasteiger charge is -2.15. The van der Waals surface area contributed by atoms with Gasteiger partial charge in [0.15, 0.2) is 0 Å². The lowest BCUT2D eigenvalue weighted by atomic mass is 10.2. The zero-order valence-electron chi connectivity index (χ0n) is 13.8. The first kappa shape index (κ1) is 18.9. The van der Waals surface area contributed by atoms with Crippen molar-refractivity contribution in [3.63, 3.8) is 0 Å². The number of rotatable bonds is 7. The highest BCUT2D eigenvalue weighted by atomic mass is 32.2. The van der Waals surface area contributed by atoms with Crippen molar-refractivity contribution >= 4 is 21.6 Å². The maximum absolute atomic E-state index is 13.6. The summed E-state index contributed by atoms with van der Waals surface area (Å²) in [5.74, 6) is -0.719. The van der Waals surface area contributed by atoms with E-state index in [2.05, 4.69) is 10.0 Å². The molecule has 1 atom stereocenters. The molecule has 8 heteroatoms. The lowest BCUT2D eigenvalue weighted by Crippen LogP contribution is -2.41. The number of anilines is 1. The summed E-state index contributed by atoms with van der Waals surface area (Å²) in [5.41, 5.74) is -0.0142. The third-order valence-corrected chi connectivity index (χ3v) is 4.86. The second-order valence-electron chi connectivity index (χ2n) is 5.22. The van der Waals surface area contributed by atoms with Gasteiger partial charge in [-0.05, 0) is 50.2 Å². The molecule has 2 rings (SSSR count). The number of hydrogen-bond donors (Lipinski definition) is 2. The van der Waals surface area contributed by atoms with E-state index in [1.807, 2.05) is 6.92 Å². The zero-order valence-corrected chi connectivity index (χ0v) is 14.6. The van der Waals surface area contributed by atoms with Crippen LogP contribution in [0.2, 0.25) is 0 Å². The van der Waals surface area contributed by atoms with Crippen LogP contribution in [-0.2, 0) is 14.8 Å². The molecule has 2 aromatic rings. The first-order valence-electron chi connectivity index (χ1n) is 7.64. The van der Waals surface area contributed by atoms with Crippen molar-refractivity contribution < 1.29 is 22.3 Å². The summed E-state index contributed by atoms with van der Waals surface area (Å²) in [4.78, 5) is 12.1. The van der Waals surface area contributed by atoms with E-state index in [-0.39, 0.29) is 10.6 Å². The molecular formula is C17H19FN2O4S. The smallest absolute Gasteiger partial charge is 0.242 e. The Labute approximate surface area is 146 Å². The molecule has 0 heterocycles. The summed E-state index contributed by atoms with van der Waals surface area (Å²) in [5, 5.41) is 2.35. The first-order valence-corrected chi connectivity index (χ1v) is 9.12. The van der Waals surface area contributed by atoms with E-state index in [1.54, 1.807) is 6.07 Å². The number of benzene rings is 2. The second-order valence-corrected chi connectivity index (χ2v) is 6.93. The molecule has 0 saturated carbocycles. The van der Waals surface area contributed by atoms with Crippen LogP contribution in [0.4, 0.5) is 10.1 Å². The van der Waals surface area contributed by atoms with E-state index < -0.39 is 27.8 Å². The molecule has 0 saturated heterocycles.